The third-order valence-corrected chi connectivity index (χ3v) is 4.68. The molecule has 31 heavy (non-hydrogen) atoms. The molecule has 1 aromatic heterocycles. The molecule has 0 radical (unpaired) electrons. The molecule has 0 aliphatic carbocycles. The lowest BCUT2D eigenvalue weighted by molar-refractivity contribution is -0.137. The second-order valence-electron chi connectivity index (χ2n) is 6.84. The van der Waals surface area contributed by atoms with E-state index in [0.717, 1.165) is 23.8 Å². The van der Waals surface area contributed by atoms with E-state index in [0.29, 0.717) is 22.6 Å². The van der Waals surface area contributed by atoms with Gasteiger partial charge in [-0.25, -0.2) is 13.8 Å². The maximum atomic E-state index is 13.9. The Kier molecular flexibility index (Phi) is 5.42. The maximum absolute atomic E-state index is 13.9. The summed E-state index contributed by atoms with van der Waals surface area (Å²) in [5.41, 5.74) is 1.87. The zero-order chi connectivity index (χ0) is 22.0. The van der Waals surface area contributed by atoms with Gasteiger partial charge in [0.2, 0.25) is 0 Å². The van der Waals surface area contributed by atoms with Gasteiger partial charge in [-0.3, -0.25) is 0 Å². The molecule has 2 nitrogen and oxygen atoms in total. The first kappa shape index (κ1) is 20.5. The predicted octanol–water partition coefficient (Wildman–Crippen LogP) is 7.21. The average Bonchev–Trinajstić information content (AvgIpc) is 3.21. The minimum atomic E-state index is -4.39. The molecular weight excluding hydrogens is 411 g/mol. The molecule has 3 aromatic carbocycles. The third-order valence-electron chi connectivity index (χ3n) is 4.68. The second-order valence-corrected chi connectivity index (χ2v) is 6.84. The van der Waals surface area contributed by atoms with Gasteiger partial charge in [0.25, 0.3) is 0 Å². The molecule has 0 saturated heterocycles. The molecule has 4 aromatic rings. The Morgan fingerprint density at radius 2 is 1.58 bits per heavy atom. The molecule has 1 N–H and O–H groups in total. The van der Waals surface area contributed by atoms with E-state index in [4.69, 9.17) is 0 Å². The highest BCUT2D eigenvalue weighted by atomic mass is 19.4. The van der Waals surface area contributed by atoms with Crippen LogP contribution in [-0.4, -0.2) is 9.97 Å². The number of halogens is 5. The summed E-state index contributed by atoms with van der Waals surface area (Å²) in [5, 5.41) is 0. The van der Waals surface area contributed by atoms with Crippen molar-refractivity contribution >= 4 is 12.2 Å². The highest BCUT2D eigenvalue weighted by Crippen LogP contribution is 2.32. The lowest BCUT2D eigenvalue weighted by Crippen LogP contribution is -2.04. The molecule has 0 unspecified atom stereocenters. The third kappa shape index (κ3) is 4.71. The highest BCUT2D eigenvalue weighted by Gasteiger charge is 2.30. The fourth-order valence-corrected chi connectivity index (χ4v) is 3.10. The van der Waals surface area contributed by atoms with Crippen LogP contribution >= 0.6 is 0 Å². The van der Waals surface area contributed by atoms with Crippen LogP contribution in [0.5, 0.6) is 0 Å². The Balaban J connectivity index is 1.50. The lowest BCUT2D eigenvalue weighted by atomic mass is 10.0. The van der Waals surface area contributed by atoms with Gasteiger partial charge in [0.15, 0.2) is 0 Å². The van der Waals surface area contributed by atoms with Crippen molar-refractivity contribution in [1.29, 1.82) is 0 Å². The quantitative estimate of drug-likeness (QED) is 0.343. The van der Waals surface area contributed by atoms with E-state index in [9.17, 15) is 22.0 Å². The summed E-state index contributed by atoms with van der Waals surface area (Å²) in [5.74, 6) is -0.875. The normalized spacial score (nSPS) is 11.9. The molecule has 0 atom stereocenters. The number of hydrogen-bond donors (Lipinski definition) is 1. The van der Waals surface area contributed by atoms with Gasteiger partial charge in [0, 0.05) is 11.6 Å². The van der Waals surface area contributed by atoms with Gasteiger partial charge < -0.3 is 4.98 Å². The molecule has 0 saturated carbocycles. The van der Waals surface area contributed by atoms with Crippen molar-refractivity contribution in [2.75, 3.05) is 0 Å². The van der Waals surface area contributed by atoms with E-state index < -0.39 is 23.4 Å². The van der Waals surface area contributed by atoms with Crippen molar-refractivity contribution in [1.82, 2.24) is 9.97 Å². The summed E-state index contributed by atoms with van der Waals surface area (Å²) >= 11 is 0. The molecule has 0 aliphatic rings. The molecular formula is C24H15F5N2. The van der Waals surface area contributed by atoms with Crippen molar-refractivity contribution in [2.45, 2.75) is 6.18 Å². The van der Waals surface area contributed by atoms with Crippen LogP contribution in [0.3, 0.4) is 0 Å². The zero-order valence-electron chi connectivity index (χ0n) is 15.9. The predicted molar refractivity (Wildman–Crippen MR) is 110 cm³/mol. The van der Waals surface area contributed by atoms with E-state index in [1.165, 1.54) is 24.4 Å². The Hall–Kier alpha value is -3.74. The zero-order valence-corrected chi connectivity index (χ0v) is 15.9. The number of rotatable bonds is 4. The van der Waals surface area contributed by atoms with Crippen molar-refractivity contribution in [3.63, 3.8) is 0 Å². The molecule has 1 heterocycles. The summed E-state index contributed by atoms with van der Waals surface area (Å²) in [6.45, 7) is 0. The Morgan fingerprint density at radius 3 is 2.29 bits per heavy atom. The number of nitrogens with one attached hydrogen (secondary N) is 1. The van der Waals surface area contributed by atoms with E-state index in [1.54, 1.807) is 42.5 Å². The van der Waals surface area contributed by atoms with Crippen molar-refractivity contribution in [3.8, 4) is 22.4 Å². The maximum Gasteiger partial charge on any atom is 0.416 e. The summed E-state index contributed by atoms with van der Waals surface area (Å²) in [6, 6.07) is 15.5. The van der Waals surface area contributed by atoms with Crippen LogP contribution in [0.4, 0.5) is 22.0 Å². The number of H-pyrrole nitrogens is 1. The van der Waals surface area contributed by atoms with Crippen LogP contribution in [0, 0.1) is 11.6 Å². The number of alkyl halides is 3. The topological polar surface area (TPSA) is 28.7 Å². The summed E-state index contributed by atoms with van der Waals surface area (Å²) in [6.07, 6.45) is 0.508. The van der Waals surface area contributed by atoms with E-state index >= 15 is 0 Å². The van der Waals surface area contributed by atoms with Crippen molar-refractivity contribution < 1.29 is 22.0 Å². The lowest BCUT2D eigenvalue weighted by Gasteiger charge is -2.09. The van der Waals surface area contributed by atoms with Crippen LogP contribution in [0.1, 0.15) is 17.0 Å². The monoisotopic (exact) mass is 426 g/mol. The van der Waals surface area contributed by atoms with Gasteiger partial charge in [-0.1, -0.05) is 42.5 Å². The van der Waals surface area contributed by atoms with E-state index in [2.05, 4.69) is 9.97 Å². The number of benzene rings is 3. The van der Waals surface area contributed by atoms with Crippen LogP contribution in [0.25, 0.3) is 34.5 Å². The molecule has 4 rings (SSSR count). The number of hydrogen-bond acceptors (Lipinski definition) is 1. The number of imidazole rings is 1. The van der Waals surface area contributed by atoms with Gasteiger partial charge in [-0.05, 0) is 47.0 Å². The molecule has 0 aliphatic heterocycles. The average molecular weight is 426 g/mol. The smallest absolute Gasteiger partial charge is 0.338 e. The van der Waals surface area contributed by atoms with Gasteiger partial charge in [0.05, 0.1) is 17.5 Å². The number of aromatic nitrogens is 2. The van der Waals surface area contributed by atoms with Crippen LogP contribution in [0.15, 0.2) is 72.9 Å². The van der Waals surface area contributed by atoms with E-state index in [-0.39, 0.29) is 5.56 Å². The number of nitrogens with zero attached hydrogens (tertiary/aromatic N) is 1. The molecule has 0 fully saturated rings. The number of aromatic amines is 1. The first-order valence-corrected chi connectivity index (χ1v) is 9.26. The van der Waals surface area contributed by atoms with Crippen molar-refractivity contribution in [2.24, 2.45) is 0 Å². The summed E-state index contributed by atoms with van der Waals surface area (Å²) in [4.78, 5) is 7.11. The first-order valence-electron chi connectivity index (χ1n) is 9.26. The standard InChI is InChI=1S/C24H15F5N2/c25-19-9-10-20(21(26)13-19)22-14-30-23(31-22)11-6-15-4-7-16(8-5-15)17-2-1-3-18(12-17)24(27,28)29/h1-14H,(H,30,31)/b11-6+. The van der Waals surface area contributed by atoms with Crippen LogP contribution in [0.2, 0.25) is 0 Å². The molecule has 0 bridgehead atoms. The van der Waals surface area contributed by atoms with Crippen LogP contribution < -0.4 is 0 Å². The largest absolute Gasteiger partial charge is 0.416 e. The molecule has 156 valence electrons. The minimum absolute atomic E-state index is 0.207. The highest BCUT2D eigenvalue weighted by molar-refractivity contribution is 5.71. The van der Waals surface area contributed by atoms with Gasteiger partial charge in [-0.2, -0.15) is 13.2 Å². The SMILES string of the molecule is Fc1ccc(-c2cnc(/C=C/c3ccc(-c4cccc(C(F)(F)F)c4)cc3)[nH]2)c(F)c1. The van der Waals surface area contributed by atoms with Gasteiger partial charge in [0.1, 0.15) is 17.5 Å². The summed E-state index contributed by atoms with van der Waals surface area (Å²) in [7, 11) is 0. The van der Waals surface area contributed by atoms with E-state index in [1.807, 2.05) is 0 Å². The second kappa shape index (κ2) is 8.18. The molecule has 0 amide bonds. The Morgan fingerprint density at radius 1 is 0.806 bits per heavy atom. The Bertz CT molecular complexity index is 1240. The van der Waals surface area contributed by atoms with Gasteiger partial charge >= 0.3 is 6.18 Å². The van der Waals surface area contributed by atoms with Crippen LogP contribution in [-0.2, 0) is 6.18 Å². The first-order chi connectivity index (χ1) is 14.8. The fourth-order valence-electron chi connectivity index (χ4n) is 3.10. The Labute approximate surface area is 174 Å². The van der Waals surface area contributed by atoms with Gasteiger partial charge in [-0.15, -0.1) is 0 Å². The molecule has 0 spiro atoms. The molecule has 7 heteroatoms. The van der Waals surface area contributed by atoms with Crippen molar-refractivity contribution in [3.05, 3.63) is 102 Å². The minimum Gasteiger partial charge on any atom is -0.338 e. The summed E-state index contributed by atoms with van der Waals surface area (Å²) < 4.78 is 65.7. The fraction of sp³-hybridized carbons (Fsp3) is 0.0417.